The van der Waals surface area contributed by atoms with Crippen molar-refractivity contribution in [2.24, 2.45) is 0 Å². The second-order valence-corrected chi connectivity index (χ2v) is 6.92. The molecule has 1 aromatic carbocycles. The summed E-state index contributed by atoms with van der Waals surface area (Å²) in [5, 5.41) is 13.5. The van der Waals surface area contributed by atoms with Crippen LogP contribution in [-0.2, 0) is 5.41 Å². The number of benzene rings is 1. The molecule has 0 aliphatic heterocycles. The van der Waals surface area contributed by atoms with Gasteiger partial charge in [0.1, 0.15) is 5.71 Å². The topological polar surface area (TPSA) is 47.9 Å². The predicted molar refractivity (Wildman–Crippen MR) is 96.1 cm³/mol. The van der Waals surface area contributed by atoms with Crippen molar-refractivity contribution >= 4 is 11.4 Å². The minimum Gasteiger partial charge on any atom is -0.393 e. The second kappa shape index (κ2) is 6.75. The Bertz CT molecular complexity index is 690. The van der Waals surface area contributed by atoms with E-state index in [1.54, 1.807) is 7.05 Å². The Labute approximate surface area is 142 Å². The van der Waals surface area contributed by atoms with Gasteiger partial charge in [-0.1, -0.05) is 39.5 Å². The number of anilines is 1. The SMILES string of the molecule is C=C(Nc1cccc2c1C(C)CC2(C)C)/C(=C/NC)C(=N)C(F)F. The Morgan fingerprint density at radius 2 is 2.08 bits per heavy atom. The zero-order chi connectivity index (χ0) is 18.1. The van der Waals surface area contributed by atoms with E-state index in [1.165, 1.54) is 17.3 Å². The van der Waals surface area contributed by atoms with Crippen molar-refractivity contribution < 1.29 is 8.78 Å². The highest BCUT2D eigenvalue weighted by Gasteiger charge is 2.36. The number of fused-ring (bicyclic) bond motifs is 1. The van der Waals surface area contributed by atoms with Gasteiger partial charge < -0.3 is 10.6 Å². The van der Waals surface area contributed by atoms with Gasteiger partial charge in [-0.05, 0) is 34.9 Å². The van der Waals surface area contributed by atoms with Crippen LogP contribution < -0.4 is 10.6 Å². The first kappa shape index (κ1) is 18.2. The van der Waals surface area contributed by atoms with Gasteiger partial charge in [0, 0.05) is 30.2 Å². The monoisotopic (exact) mass is 333 g/mol. The molecule has 0 aromatic heterocycles. The van der Waals surface area contributed by atoms with Crippen molar-refractivity contribution in [2.75, 3.05) is 12.4 Å². The Hall–Kier alpha value is -2.17. The van der Waals surface area contributed by atoms with E-state index in [0.717, 1.165) is 12.1 Å². The van der Waals surface area contributed by atoms with Gasteiger partial charge in [0.25, 0.3) is 6.43 Å². The minimum absolute atomic E-state index is 0.0787. The maximum atomic E-state index is 12.9. The van der Waals surface area contributed by atoms with E-state index >= 15 is 0 Å². The fourth-order valence-corrected chi connectivity index (χ4v) is 3.59. The van der Waals surface area contributed by atoms with Crippen LogP contribution in [0.5, 0.6) is 0 Å². The molecule has 0 bridgehead atoms. The van der Waals surface area contributed by atoms with Crippen LogP contribution in [0.3, 0.4) is 0 Å². The quantitative estimate of drug-likeness (QED) is 0.518. The molecule has 1 aromatic rings. The maximum absolute atomic E-state index is 12.9. The zero-order valence-electron chi connectivity index (χ0n) is 14.6. The average Bonchev–Trinajstić information content (AvgIpc) is 2.74. The Morgan fingerprint density at radius 3 is 2.67 bits per heavy atom. The van der Waals surface area contributed by atoms with E-state index < -0.39 is 12.1 Å². The lowest BCUT2D eigenvalue weighted by Crippen LogP contribution is -2.19. The van der Waals surface area contributed by atoms with Crippen molar-refractivity contribution in [1.82, 2.24) is 5.32 Å². The lowest BCUT2D eigenvalue weighted by atomic mass is 9.86. The minimum atomic E-state index is -2.84. The summed E-state index contributed by atoms with van der Waals surface area (Å²) in [6.45, 7) is 10.5. The van der Waals surface area contributed by atoms with E-state index in [2.05, 4.69) is 44.1 Å². The fraction of sp³-hybridized carbons (Fsp3) is 0.421. The smallest absolute Gasteiger partial charge is 0.280 e. The molecule has 0 saturated heterocycles. The van der Waals surface area contributed by atoms with Gasteiger partial charge in [-0.15, -0.1) is 0 Å². The molecule has 1 unspecified atom stereocenters. The third kappa shape index (κ3) is 3.35. The Morgan fingerprint density at radius 1 is 1.42 bits per heavy atom. The molecular weight excluding hydrogens is 308 g/mol. The van der Waals surface area contributed by atoms with E-state index in [-0.39, 0.29) is 11.0 Å². The summed E-state index contributed by atoms with van der Waals surface area (Å²) < 4.78 is 25.8. The van der Waals surface area contributed by atoms with Crippen LogP contribution in [0.15, 0.2) is 42.2 Å². The van der Waals surface area contributed by atoms with Crippen molar-refractivity contribution in [2.45, 2.75) is 45.0 Å². The largest absolute Gasteiger partial charge is 0.393 e. The van der Waals surface area contributed by atoms with Crippen LogP contribution in [0.2, 0.25) is 0 Å². The molecule has 2 rings (SSSR count). The van der Waals surface area contributed by atoms with E-state index in [4.69, 9.17) is 5.41 Å². The second-order valence-electron chi connectivity index (χ2n) is 6.92. The number of halogens is 2. The van der Waals surface area contributed by atoms with Gasteiger partial charge in [0.05, 0.1) is 0 Å². The van der Waals surface area contributed by atoms with Crippen LogP contribution in [-0.4, -0.2) is 19.2 Å². The number of allylic oxidation sites excluding steroid dienone is 1. The summed E-state index contributed by atoms with van der Waals surface area (Å²) in [4.78, 5) is 0. The maximum Gasteiger partial charge on any atom is 0.280 e. The summed E-state index contributed by atoms with van der Waals surface area (Å²) in [7, 11) is 1.61. The summed E-state index contributed by atoms with van der Waals surface area (Å²) in [5.74, 6) is 0.373. The predicted octanol–water partition coefficient (Wildman–Crippen LogP) is 4.79. The third-order valence-electron chi connectivity index (χ3n) is 4.55. The molecule has 0 amide bonds. The first-order valence-electron chi connectivity index (χ1n) is 8.03. The molecular formula is C19H25F2N3. The van der Waals surface area contributed by atoms with Crippen molar-refractivity contribution in [3.8, 4) is 0 Å². The molecule has 3 nitrogen and oxygen atoms in total. The van der Waals surface area contributed by atoms with Gasteiger partial charge >= 0.3 is 0 Å². The molecule has 0 fully saturated rings. The van der Waals surface area contributed by atoms with Crippen LogP contribution in [0.1, 0.15) is 44.2 Å². The molecule has 1 atom stereocenters. The molecule has 1 aliphatic rings. The van der Waals surface area contributed by atoms with Crippen LogP contribution >= 0.6 is 0 Å². The fourth-order valence-electron chi connectivity index (χ4n) is 3.59. The molecule has 1 aliphatic carbocycles. The first-order valence-corrected chi connectivity index (χ1v) is 8.03. The van der Waals surface area contributed by atoms with E-state index in [9.17, 15) is 8.78 Å². The summed E-state index contributed by atoms with van der Waals surface area (Å²) >= 11 is 0. The Kier molecular flexibility index (Phi) is 5.11. The van der Waals surface area contributed by atoms with Crippen molar-refractivity contribution in [1.29, 1.82) is 5.41 Å². The van der Waals surface area contributed by atoms with E-state index in [1.807, 2.05) is 12.1 Å². The molecule has 0 heterocycles. The molecule has 5 heteroatoms. The zero-order valence-corrected chi connectivity index (χ0v) is 14.6. The van der Waals surface area contributed by atoms with Gasteiger partial charge in [-0.2, -0.15) is 0 Å². The number of nitrogens with one attached hydrogen (secondary N) is 3. The summed E-state index contributed by atoms with van der Waals surface area (Å²) in [6, 6.07) is 6.03. The highest BCUT2D eigenvalue weighted by molar-refractivity contribution is 6.04. The highest BCUT2D eigenvalue weighted by atomic mass is 19.3. The average molecular weight is 333 g/mol. The molecule has 0 saturated carbocycles. The normalized spacial score (nSPS) is 19.1. The van der Waals surface area contributed by atoms with Crippen LogP contribution in [0, 0.1) is 5.41 Å². The number of alkyl halides is 2. The molecule has 24 heavy (non-hydrogen) atoms. The Balaban J connectivity index is 2.36. The lowest BCUT2D eigenvalue weighted by molar-refractivity contribution is 0.225. The van der Waals surface area contributed by atoms with Gasteiger partial charge in [-0.3, -0.25) is 5.41 Å². The first-order chi connectivity index (χ1) is 11.2. The molecule has 0 radical (unpaired) electrons. The number of hydrogen-bond acceptors (Lipinski definition) is 3. The van der Waals surface area contributed by atoms with Gasteiger partial charge in [-0.25, -0.2) is 8.78 Å². The summed E-state index contributed by atoms with van der Waals surface area (Å²) in [5.41, 5.74) is 3.07. The van der Waals surface area contributed by atoms with Gasteiger partial charge in [0.2, 0.25) is 0 Å². The standard InChI is InChI=1S/C19H25F2N3/c1-11-9-19(3,4)14-7-6-8-15(16(11)14)24-12(2)13(10-23-5)17(22)18(20)21/h6-8,10-11,18,22-24H,2,9H2,1,3-5H3/b13-10-,22-17?. The summed E-state index contributed by atoms with van der Waals surface area (Å²) in [6.07, 6.45) is -0.428. The molecule has 3 N–H and O–H groups in total. The molecule has 0 spiro atoms. The van der Waals surface area contributed by atoms with Crippen molar-refractivity contribution in [3.63, 3.8) is 0 Å². The highest BCUT2D eigenvalue weighted by Crippen LogP contribution is 2.48. The van der Waals surface area contributed by atoms with Gasteiger partial charge in [0.15, 0.2) is 0 Å². The number of hydrogen-bond donors (Lipinski definition) is 3. The van der Waals surface area contributed by atoms with Crippen molar-refractivity contribution in [3.05, 3.63) is 53.4 Å². The van der Waals surface area contributed by atoms with Crippen LogP contribution in [0.4, 0.5) is 14.5 Å². The van der Waals surface area contributed by atoms with E-state index in [0.29, 0.717) is 11.6 Å². The lowest BCUT2D eigenvalue weighted by Gasteiger charge is -2.20. The van der Waals surface area contributed by atoms with Crippen LogP contribution in [0.25, 0.3) is 0 Å². The number of rotatable bonds is 6. The molecule has 130 valence electrons. The third-order valence-corrected chi connectivity index (χ3v) is 4.55.